The molecule has 1 amide bonds. The van der Waals surface area contributed by atoms with Crippen LogP contribution in [0.25, 0.3) is 0 Å². The van der Waals surface area contributed by atoms with Crippen LogP contribution in [0.5, 0.6) is 0 Å². The average molecular weight is 358 g/mol. The Kier molecular flexibility index (Phi) is 12.3. The van der Waals surface area contributed by atoms with E-state index in [1.54, 1.807) is 6.08 Å². The molecule has 0 aliphatic rings. The first-order valence-corrected chi connectivity index (χ1v) is 8.60. The largest absolute Gasteiger partial charge is 0.550 e. The van der Waals surface area contributed by atoms with Crippen LogP contribution in [-0.2, 0) is 14.4 Å². The van der Waals surface area contributed by atoms with Crippen molar-refractivity contribution in [3.8, 4) is 0 Å². The molecule has 0 bridgehead atoms. The van der Waals surface area contributed by atoms with Crippen molar-refractivity contribution in [2.24, 2.45) is 0 Å². The van der Waals surface area contributed by atoms with Gasteiger partial charge in [0.2, 0.25) is 5.91 Å². The number of nitrogens with zero attached hydrogens (tertiary/aromatic N) is 1. The summed E-state index contributed by atoms with van der Waals surface area (Å²) in [6, 6.07) is 0. The minimum absolute atomic E-state index is 0.0932. The van der Waals surface area contributed by atoms with Crippen molar-refractivity contribution in [3.05, 3.63) is 12.7 Å². The zero-order valence-electron chi connectivity index (χ0n) is 14.7. The molecule has 0 saturated heterocycles. The van der Waals surface area contributed by atoms with Gasteiger partial charge in [-0.15, -0.1) is 6.58 Å². The van der Waals surface area contributed by atoms with Crippen molar-refractivity contribution in [3.63, 3.8) is 0 Å². The van der Waals surface area contributed by atoms with Gasteiger partial charge in [0.05, 0.1) is 39.2 Å². The van der Waals surface area contributed by atoms with Gasteiger partial charge in [0.1, 0.15) is 6.54 Å². The van der Waals surface area contributed by atoms with E-state index in [1.807, 2.05) is 0 Å². The number of aliphatic carboxylic acids is 2. The van der Waals surface area contributed by atoms with Crippen molar-refractivity contribution in [2.45, 2.75) is 38.5 Å². The molecule has 0 rings (SSSR count). The molecule has 144 valence electrons. The number of aliphatic hydroxyl groups is 1. The van der Waals surface area contributed by atoms with E-state index in [4.69, 9.17) is 5.11 Å². The lowest BCUT2D eigenvalue weighted by Gasteiger charge is -2.38. The highest BCUT2D eigenvalue weighted by Crippen LogP contribution is 2.10. The highest BCUT2D eigenvalue weighted by atomic mass is 16.4. The number of allylic oxidation sites excluding steroid dienone is 1. The Morgan fingerprint density at radius 3 is 2.28 bits per heavy atom. The Bertz CT molecular complexity index is 421. The second-order valence-electron chi connectivity index (χ2n) is 6.11. The van der Waals surface area contributed by atoms with Gasteiger partial charge in [0.15, 0.2) is 0 Å². The van der Waals surface area contributed by atoms with Crippen LogP contribution in [0, 0.1) is 0 Å². The van der Waals surface area contributed by atoms with E-state index in [0.29, 0.717) is 19.5 Å². The van der Waals surface area contributed by atoms with Crippen LogP contribution in [0.3, 0.4) is 0 Å². The van der Waals surface area contributed by atoms with E-state index in [1.165, 1.54) is 0 Å². The molecule has 0 radical (unpaired) electrons. The number of carbonyl (C=O) groups excluding carboxylic acids is 2. The molecule has 0 heterocycles. The summed E-state index contributed by atoms with van der Waals surface area (Å²) in [4.78, 5) is 33.4. The molecule has 1 atom stereocenters. The Morgan fingerprint density at radius 2 is 1.72 bits per heavy atom. The quantitative estimate of drug-likeness (QED) is 0.190. The molecule has 0 aromatic heterocycles. The van der Waals surface area contributed by atoms with Crippen LogP contribution < -0.4 is 10.4 Å². The second kappa shape index (κ2) is 13.4. The van der Waals surface area contributed by atoms with Gasteiger partial charge in [-0.1, -0.05) is 6.08 Å². The standard InChI is InChI=1S/C17H30N2O6/c1-2-3-4-5-6-15(21)18-9-12-19(13-14-20,10-7-16(22)23)11-8-17(24)25/h2,20H,1,3-14H2,(H2-,18,21,22,23,24,25). The predicted octanol–water partition coefficient (Wildman–Crippen LogP) is -0.727. The van der Waals surface area contributed by atoms with Gasteiger partial charge in [-0.3, -0.25) is 9.59 Å². The molecular formula is C17H30N2O6. The van der Waals surface area contributed by atoms with E-state index in [9.17, 15) is 24.6 Å². The predicted molar refractivity (Wildman–Crippen MR) is 90.4 cm³/mol. The molecule has 0 spiro atoms. The van der Waals surface area contributed by atoms with E-state index in [-0.39, 0.29) is 49.5 Å². The lowest BCUT2D eigenvalue weighted by Crippen LogP contribution is -2.55. The number of aliphatic hydroxyl groups excluding tert-OH is 1. The molecule has 0 aliphatic heterocycles. The molecule has 0 fully saturated rings. The third-order valence-corrected chi connectivity index (χ3v) is 4.14. The summed E-state index contributed by atoms with van der Waals surface area (Å²) in [6.45, 7) is 4.67. The fourth-order valence-corrected chi connectivity index (χ4v) is 2.64. The number of rotatable bonds is 16. The number of unbranched alkanes of at least 4 members (excludes halogenated alkanes) is 2. The van der Waals surface area contributed by atoms with E-state index in [2.05, 4.69) is 11.9 Å². The highest BCUT2D eigenvalue weighted by Gasteiger charge is 2.27. The number of carboxylic acid groups (broad SMARTS) is 2. The first-order chi connectivity index (χ1) is 11.8. The molecule has 0 aromatic rings. The molecule has 0 saturated carbocycles. The lowest BCUT2D eigenvalue weighted by molar-refractivity contribution is -0.926. The van der Waals surface area contributed by atoms with Crippen molar-refractivity contribution < 1.29 is 34.2 Å². The maximum atomic E-state index is 11.8. The third kappa shape index (κ3) is 12.1. The molecule has 3 N–H and O–H groups in total. The van der Waals surface area contributed by atoms with Gasteiger partial charge < -0.3 is 29.9 Å². The fourth-order valence-electron chi connectivity index (χ4n) is 2.64. The minimum atomic E-state index is -1.22. The zero-order chi connectivity index (χ0) is 19.1. The average Bonchev–Trinajstić information content (AvgIpc) is 2.55. The molecule has 1 unspecified atom stereocenters. The molecule has 8 heteroatoms. The number of quaternary nitrogens is 1. The summed E-state index contributed by atoms with van der Waals surface area (Å²) in [7, 11) is 0. The van der Waals surface area contributed by atoms with Crippen molar-refractivity contribution >= 4 is 17.8 Å². The van der Waals surface area contributed by atoms with Crippen LogP contribution in [-0.4, -0.2) is 71.9 Å². The van der Waals surface area contributed by atoms with Gasteiger partial charge in [-0.2, -0.15) is 0 Å². The summed E-state index contributed by atoms with van der Waals surface area (Å²) >= 11 is 0. The molecular weight excluding hydrogens is 328 g/mol. The van der Waals surface area contributed by atoms with E-state index < -0.39 is 11.9 Å². The Balaban J connectivity index is 4.56. The molecule has 0 aromatic carbocycles. The van der Waals surface area contributed by atoms with Gasteiger partial charge >= 0.3 is 5.97 Å². The number of carboxylic acids is 2. The van der Waals surface area contributed by atoms with Crippen LogP contribution >= 0.6 is 0 Å². The SMILES string of the molecule is C=CCCCCC(=O)NCC[N+](CCO)(CCC(=O)[O-])CCC(=O)O. The Morgan fingerprint density at radius 1 is 1.04 bits per heavy atom. The summed E-state index contributed by atoms with van der Waals surface area (Å²) in [5.41, 5.74) is 0. The normalized spacial score (nSPS) is 13.0. The van der Waals surface area contributed by atoms with E-state index in [0.717, 1.165) is 19.3 Å². The van der Waals surface area contributed by atoms with Crippen LogP contribution in [0.1, 0.15) is 38.5 Å². The molecule has 8 nitrogen and oxygen atoms in total. The summed E-state index contributed by atoms with van der Waals surface area (Å²) < 4.78 is 0.119. The topological polar surface area (TPSA) is 127 Å². The van der Waals surface area contributed by atoms with Gasteiger partial charge in [-0.25, -0.2) is 0 Å². The number of carbonyl (C=O) groups is 3. The van der Waals surface area contributed by atoms with Gasteiger partial charge in [0.25, 0.3) is 0 Å². The summed E-state index contributed by atoms with van der Waals surface area (Å²) in [6.07, 6.45) is 4.37. The number of hydrogen-bond donors (Lipinski definition) is 3. The van der Waals surface area contributed by atoms with Crippen LogP contribution in [0.4, 0.5) is 0 Å². The van der Waals surface area contributed by atoms with Gasteiger partial charge in [-0.05, 0) is 19.3 Å². The van der Waals surface area contributed by atoms with Crippen LogP contribution in [0.2, 0.25) is 0 Å². The zero-order valence-corrected chi connectivity index (χ0v) is 14.7. The lowest BCUT2D eigenvalue weighted by atomic mass is 10.2. The number of amides is 1. The fraction of sp³-hybridized carbons (Fsp3) is 0.706. The van der Waals surface area contributed by atoms with Crippen molar-refractivity contribution in [2.75, 3.05) is 39.3 Å². The smallest absolute Gasteiger partial charge is 0.309 e. The minimum Gasteiger partial charge on any atom is -0.550 e. The van der Waals surface area contributed by atoms with Gasteiger partial charge in [0, 0.05) is 18.8 Å². The Hall–Kier alpha value is -1.93. The first-order valence-electron chi connectivity index (χ1n) is 8.60. The van der Waals surface area contributed by atoms with Crippen LogP contribution in [0.15, 0.2) is 12.7 Å². The monoisotopic (exact) mass is 358 g/mol. The number of nitrogens with one attached hydrogen (secondary N) is 1. The third-order valence-electron chi connectivity index (χ3n) is 4.14. The van der Waals surface area contributed by atoms with Crippen molar-refractivity contribution in [1.82, 2.24) is 5.32 Å². The second-order valence-corrected chi connectivity index (χ2v) is 6.11. The molecule has 0 aliphatic carbocycles. The summed E-state index contributed by atoms with van der Waals surface area (Å²) in [5, 5.41) is 31.7. The Labute approximate surface area is 148 Å². The highest BCUT2D eigenvalue weighted by molar-refractivity contribution is 5.75. The van der Waals surface area contributed by atoms with E-state index >= 15 is 0 Å². The number of hydrogen-bond acceptors (Lipinski definition) is 5. The van der Waals surface area contributed by atoms with Crippen molar-refractivity contribution in [1.29, 1.82) is 0 Å². The first kappa shape index (κ1) is 23.1. The maximum absolute atomic E-state index is 11.8. The molecule has 25 heavy (non-hydrogen) atoms. The summed E-state index contributed by atoms with van der Waals surface area (Å²) in [5.74, 6) is -2.30. The maximum Gasteiger partial charge on any atom is 0.309 e.